The van der Waals surface area contributed by atoms with Gasteiger partial charge in [0.15, 0.2) is 0 Å². The molecule has 1 aromatic heterocycles. The minimum Gasteiger partial charge on any atom is -0.477 e. The Balaban J connectivity index is 2.14. The van der Waals surface area contributed by atoms with Crippen LogP contribution in [0.25, 0.3) is 0 Å². The molecule has 0 spiro atoms. The van der Waals surface area contributed by atoms with Gasteiger partial charge in [-0.1, -0.05) is 6.07 Å². The normalized spacial score (nSPS) is 10.5. The summed E-state index contributed by atoms with van der Waals surface area (Å²) in [5.74, 6) is -0.239. The number of thiophene rings is 1. The first-order chi connectivity index (χ1) is 8.58. The fourth-order valence-electron chi connectivity index (χ4n) is 1.56. The van der Waals surface area contributed by atoms with Crippen LogP contribution in [0.3, 0.4) is 0 Å². The predicted molar refractivity (Wildman–Crippen MR) is 76.4 cm³/mol. The molecule has 3 N–H and O–H groups in total. The van der Waals surface area contributed by atoms with Gasteiger partial charge in [-0.25, -0.2) is 4.79 Å². The monoisotopic (exact) mass is 279 g/mol. The third-order valence-corrected chi connectivity index (χ3v) is 4.56. The molecule has 1 aromatic carbocycles. The summed E-state index contributed by atoms with van der Waals surface area (Å²) in [5, 5.41) is 10.8. The molecule has 0 aliphatic rings. The fraction of sp³-hybridized carbons (Fsp3) is 0.154. The molecule has 0 unspecified atom stereocenters. The smallest absolute Gasteiger partial charge is 0.346 e. The number of carboxylic acid groups (broad SMARTS) is 1. The molecule has 5 heteroatoms. The summed E-state index contributed by atoms with van der Waals surface area (Å²) < 4.78 is 0. The van der Waals surface area contributed by atoms with Crippen LogP contribution in [0.5, 0.6) is 0 Å². The van der Waals surface area contributed by atoms with Crippen LogP contribution in [0.2, 0.25) is 0 Å². The Morgan fingerprint density at radius 3 is 2.94 bits per heavy atom. The average molecular weight is 279 g/mol. The molecule has 1 heterocycles. The van der Waals surface area contributed by atoms with Gasteiger partial charge in [-0.3, -0.25) is 0 Å². The topological polar surface area (TPSA) is 63.3 Å². The summed E-state index contributed by atoms with van der Waals surface area (Å²) in [4.78, 5) is 12.4. The molecular weight excluding hydrogens is 266 g/mol. The van der Waals surface area contributed by atoms with Gasteiger partial charge in [0, 0.05) is 16.3 Å². The van der Waals surface area contributed by atoms with E-state index in [1.165, 1.54) is 11.3 Å². The van der Waals surface area contributed by atoms with Crippen molar-refractivity contribution in [3.8, 4) is 0 Å². The highest BCUT2D eigenvalue weighted by atomic mass is 32.2. The average Bonchev–Trinajstić information content (AvgIpc) is 2.79. The Morgan fingerprint density at radius 2 is 2.22 bits per heavy atom. The highest BCUT2D eigenvalue weighted by Crippen LogP contribution is 2.31. The fourth-order valence-corrected chi connectivity index (χ4v) is 3.47. The molecule has 18 heavy (non-hydrogen) atoms. The lowest BCUT2D eigenvalue weighted by molar-refractivity contribution is 0.0701. The maximum absolute atomic E-state index is 11.0. The molecule has 94 valence electrons. The van der Waals surface area contributed by atoms with Crippen LogP contribution < -0.4 is 5.73 Å². The van der Waals surface area contributed by atoms with E-state index >= 15 is 0 Å². The third-order valence-electron chi connectivity index (χ3n) is 2.49. The Bertz CT molecular complexity index is 578. The summed E-state index contributed by atoms with van der Waals surface area (Å²) in [5.41, 5.74) is 8.62. The van der Waals surface area contributed by atoms with Gasteiger partial charge in [-0.05, 0) is 41.6 Å². The van der Waals surface area contributed by atoms with Gasteiger partial charge in [0.1, 0.15) is 4.88 Å². The zero-order valence-electron chi connectivity index (χ0n) is 9.84. The number of carboxylic acids is 1. The van der Waals surface area contributed by atoms with E-state index in [4.69, 9.17) is 10.8 Å². The Kier molecular flexibility index (Phi) is 3.93. The molecule has 0 bridgehead atoms. The number of rotatable bonds is 4. The minimum absolute atomic E-state index is 0.411. The van der Waals surface area contributed by atoms with Crippen LogP contribution in [0.4, 0.5) is 5.69 Å². The van der Waals surface area contributed by atoms with E-state index in [1.54, 1.807) is 17.1 Å². The predicted octanol–water partition coefficient (Wildman–Crippen LogP) is 3.63. The summed E-state index contributed by atoms with van der Waals surface area (Å²) in [6, 6.07) is 7.72. The molecule has 2 aromatic rings. The second kappa shape index (κ2) is 5.46. The first kappa shape index (κ1) is 13.0. The van der Waals surface area contributed by atoms with Crippen molar-refractivity contribution in [1.29, 1.82) is 0 Å². The second-order valence-electron chi connectivity index (χ2n) is 3.91. The van der Waals surface area contributed by atoms with Crippen molar-refractivity contribution in [2.45, 2.75) is 17.6 Å². The lowest BCUT2D eigenvalue weighted by atomic mass is 10.2. The number of hydrogen-bond donors (Lipinski definition) is 2. The van der Waals surface area contributed by atoms with Crippen molar-refractivity contribution in [3.05, 3.63) is 45.6 Å². The van der Waals surface area contributed by atoms with Gasteiger partial charge < -0.3 is 10.8 Å². The van der Waals surface area contributed by atoms with Crippen molar-refractivity contribution < 1.29 is 9.90 Å². The highest BCUT2D eigenvalue weighted by Gasteiger charge is 2.12. The maximum atomic E-state index is 11.0. The van der Waals surface area contributed by atoms with Gasteiger partial charge in [0.05, 0.1) is 0 Å². The van der Waals surface area contributed by atoms with Gasteiger partial charge in [0.25, 0.3) is 0 Å². The Labute approximate surface area is 114 Å². The quantitative estimate of drug-likeness (QED) is 0.662. The molecule has 0 saturated heterocycles. The molecule has 0 aliphatic carbocycles. The van der Waals surface area contributed by atoms with E-state index in [-0.39, 0.29) is 0 Å². The summed E-state index contributed by atoms with van der Waals surface area (Å²) in [6.45, 7) is 2.01. The van der Waals surface area contributed by atoms with Crippen molar-refractivity contribution in [2.75, 3.05) is 5.73 Å². The first-order valence-electron chi connectivity index (χ1n) is 5.36. The highest BCUT2D eigenvalue weighted by molar-refractivity contribution is 7.98. The molecule has 3 nitrogen and oxygen atoms in total. The van der Waals surface area contributed by atoms with Crippen molar-refractivity contribution in [2.24, 2.45) is 0 Å². The van der Waals surface area contributed by atoms with Crippen LogP contribution in [-0.2, 0) is 5.75 Å². The van der Waals surface area contributed by atoms with E-state index in [1.807, 2.05) is 31.2 Å². The molecule has 0 radical (unpaired) electrons. The Hall–Kier alpha value is -1.46. The summed E-state index contributed by atoms with van der Waals surface area (Å²) in [7, 11) is 0. The van der Waals surface area contributed by atoms with Crippen molar-refractivity contribution in [3.63, 3.8) is 0 Å². The van der Waals surface area contributed by atoms with Crippen molar-refractivity contribution >= 4 is 34.8 Å². The van der Waals surface area contributed by atoms with E-state index in [0.29, 0.717) is 10.6 Å². The van der Waals surface area contributed by atoms with Crippen LogP contribution in [-0.4, -0.2) is 11.1 Å². The minimum atomic E-state index is -0.863. The van der Waals surface area contributed by atoms with Crippen LogP contribution >= 0.6 is 23.1 Å². The standard InChI is InChI=1S/C13H13NO2S2/c1-8-2-3-10(14)11(6-8)18-7-9-4-5-17-12(9)13(15)16/h2-6H,7,14H2,1H3,(H,15,16). The molecule has 2 rings (SSSR count). The largest absolute Gasteiger partial charge is 0.477 e. The molecule has 0 aliphatic heterocycles. The van der Waals surface area contributed by atoms with Gasteiger partial charge in [-0.2, -0.15) is 0 Å². The van der Waals surface area contributed by atoms with E-state index in [2.05, 4.69) is 0 Å². The summed E-state index contributed by atoms with van der Waals surface area (Å²) >= 11 is 2.82. The van der Waals surface area contributed by atoms with Crippen molar-refractivity contribution in [1.82, 2.24) is 0 Å². The van der Waals surface area contributed by atoms with Crippen LogP contribution in [0.1, 0.15) is 20.8 Å². The number of nitrogen functional groups attached to an aromatic ring is 1. The zero-order valence-corrected chi connectivity index (χ0v) is 11.5. The second-order valence-corrected chi connectivity index (χ2v) is 5.84. The lowest BCUT2D eigenvalue weighted by Gasteiger charge is -2.06. The van der Waals surface area contributed by atoms with E-state index < -0.39 is 5.97 Å². The number of nitrogens with two attached hydrogens (primary N) is 1. The molecule has 0 amide bonds. The number of aryl methyl sites for hydroxylation is 1. The SMILES string of the molecule is Cc1ccc(N)c(SCc2ccsc2C(=O)O)c1. The van der Waals surface area contributed by atoms with E-state index in [9.17, 15) is 4.79 Å². The first-order valence-corrected chi connectivity index (χ1v) is 7.23. The number of benzene rings is 1. The molecule has 0 atom stereocenters. The van der Waals surface area contributed by atoms with E-state index in [0.717, 1.165) is 21.7 Å². The number of hydrogen-bond acceptors (Lipinski definition) is 4. The van der Waals surface area contributed by atoms with Crippen LogP contribution in [0, 0.1) is 6.92 Å². The lowest BCUT2D eigenvalue weighted by Crippen LogP contribution is -1.96. The molecule has 0 saturated carbocycles. The number of anilines is 1. The van der Waals surface area contributed by atoms with Gasteiger partial charge in [0.2, 0.25) is 0 Å². The van der Waals surface area contributed by atoms with Gasteiger partial charge >= 0.3 is 5.97 Å². The number of carbonyl (C=O) groups is 1. The molecule has 0 fully saturated rings. The number of aromatic carboxylic acids is 1. The summed E-state index contributed by atoms with van der Waals surface area (Å²) in [6.07, 6.45) is 0. The third kappa shape index (κ3) is 2.86. The van der Waals surface area contributed by atoms with Gasteiger partial charge in [-0.15, -0.1) is 23.1 Å². The van der Waals surface area contributed by atoms with Crippen LogP contribution in [0.15, 0.2) is 34.5 Å². The maximum Gasteiger partial charge on any atom is 0.346 e. The number of thioether (sulfide) groups is 1. The molecular formula is C13H13NO2S2. The Morgan fingerprint density at radius 1 is 1.44 bits per heavy atom. The zero-order chi connectivity index (χ0) is 13.1.